The van der Waals surface area contributed by atoms with Crippen molar-refractivity contribution in [3.8, 4) is 0 Å². The van der Waals surface area contributed by atoms with Crippen LogP contribution in [0.25, 0.3) is 0 Å². The molecule has 0 N–H and O–H groups in total. The van der Waals surface area contributed by atoms with E-state index >= 15 is 0 Å². The van der Waals surface area contributed by atoms with Crippen LogP contribution in [0, 0.1) is 11.3 Å². The van der Waals surface area contributed by atoms with E-state index in [0.29, 0.717) is 19.1 Å². The molecule has 3 heteroatoms. The van der Waals surface area contributed by atoms with E-state index in [4.69, 9.17) is 9.47 Å². The quantitative estimate of drug-likeness (QED) is 0.299. The molecule has 0 spiro atoms. The smallest absolute Gasteiger partial charge is 0.316 e. The van der Waals surface area contributed by atoms with E-state index in [1.165, 1.54) is 38.5 Å². The molecule has 0 heterocycles. The zero-order valence-corrected chi connectivity index (χ0v) is 14.1. The maximum Gasteiger partial charge on any atom is 0.316 e. The number of ether oxygens (including phenoxy) is 2. The van der Waals surface area contributed by atoms with Crippen molar-refractivity contribution in [2.45, 2.75) is 71.1 Å². The predicted molar refractivity (Wildman–Crippen MR) is 88.7 cm³/mol. The topological polar surface area (TPSA) is 35.5 Å². The number of carbonyl (C=O) groups excluding carboxylic acids is 1. The van der Waals surface area contributed by atoms with Crippen LogP contribution in [0.5, 0.6) is 0 Å². The second kappa shape index (κ2) is 9.34. The molecule has 2 atom stereocenters. The number of fused-ring (bicyclic) bond motifs is 2. The van der Waals surface area contributed by atoms with Crippen molar-refractivity contribution in [3.63, 3.8) is 0 Å². The molecule has 0 aromatic carbocycles. The highest BCUT2D eigenvalue weighted by molar-refractivity contribution is 5.80. The fourth-order valence-corrected chi connectivity index (χ4v) is 3.60. The highest BCUT2D eigenvalue weighted by atomic mass is 16.6. The molecule has 0 saturated heterocycles. The van der Waals surface area contributed by atoms with Crippen molar-refractivity contribution in [2.24, 2.45) is 11.3 Å². The Hall–Kier alpha value is -0.830. The molecule has 2 aliphatic rings. The fourth-order valence-electron chi connectivity index (χ4n) is 3.60. The maximum atomic E-state index is 12.2. The molecule has 2 unspecified atom stereocenters. The monoisotopic (exact) mass is 308 g/mol. The van der Waals surface area contributed by atoms with Crippen LogP contribution < -0.4 is 0 Å². The number of hydrogen-bond acceptors (Lipinski definition) is 3. The largest absolute Gasteiger partial charge is 0.463 e. The van der Waals surface area contributed by atoms with Gasteiger partial charge in [0, 0.05) is 6.61 Å². The van der Waals surface area contributed by atoms with Gasteiger partial charge in [0.05, 0.1) is 12.0 Å². The van der Waals surface area contributed by atoms with Gasteiger partial charge in [0.25, 0.3) is 0 Å². The van der Waals surface area contributed by atoms with Gasteiger partial charge in [-0.3, -0.25) is 4.79 Å². The van der Waals surface area contributed by atoms with Gasteiger partial charge in [-0.1, -0.05) is 57.6 Å². The van der Waals surface area contributed by atoms with Crippen molar-refractivity contribution in [1.82, 2.24) is 0 Å². The van der Waals surface area contributed by atoms with Crippen molar-refractivity contribution in [3.05, 3.63) is 12.2 Å². The summed E-state index contributed by atoms with van der Waals surface area (Å²) < 4.78 is 11.0. The number of carbonyl (C=O) groups is 1. The van der Waals surface area contributed by atoms with E-state index in [-0.39, 0.29) is 11.4 Å². The van der Waals surface area contributed by atoms with E-state index in [2.05, 4.69) is 19.1 Å². The Labute approximate surface area is 135 Å². The third-order valence-corrected chi connectivity index (χ3v) is 5.03. The fraction of sp³-hybridized carbons (Fsp3) is 0.842. The van der Waals surface area contributed by atoms with Crippen LogP contribution in [0.1, 0.15) is 71.1 Å². The van der Waals surface area contributed by atoms with Gasteiger partial charge >= 0.3 is 5.97 Å². The Kier molecular flexibility index (Phi) is 7.44. The van der Waals surface area contributed by atoms with Crippen LogP contribution >= 0.6 is 0 Å². The first-order valence-corrected chi connectivity index (χ1v) is 9.21. The van der Waals surface area contributed by atoms with Gasteiger partial charge < -0.3 is 9.47 Å². The summed E-state index contributed by atoms with van der Waals surface area (Å²) in [4.78, 5) is 12.2. The van der Waals surface area contributed by atoms with E-state index in [1.807, 2.05) is 0 Å². The lowest BCUT2D eigenvalue weighted by atomic mass is 9.88. The molecule has 3 nitrogen and oxygen atoms in total. The van der Waals surface area contributed by atoms with E-state index in [1.54, 1.807) is 0 Å². The molecule has 2 aliphatic carbocycles. The Morgan fingerprint density at radius 2 is 1.86 bits per heavy atom. The van der Waals surface area contributed by atoms with Crippen molar-refractivity contribution in [2.75, 3.05) is 19.8 Å². The lowest BCUT2D eigenvalue weighted by molar-refractivity contribution is -0.154. The lowest BCUT2D eigenvalue weighted by Gasteiger charge is -2.21. The van der Waals surface area contributed by atoms with Crippen LogP contribution in [0.15, 0.2) is 12.2 Å². The first kappa shape index (κ1) is 17.5. The first-order chi connectivity index (χ1) is 10.8. The number of allylic oxidation sites excluding steroid dienone is 1. The van der Waals surface area contributed by atoms with Gasteiger partial charge in [-0.2, -0.15) is 0 Å². The first-order valence-electron chi connectivity index (χ1n) is 9.21. The van der Waals surface area contributed by atoms with Crippen molar-refractivity contribution >= 4 is 5.97 Å². The van der Waals surface area contributed by atoms with Gasteiger partial charge in [0.15, 0.2) is 0 Å². The van der Waals surface area contributed by atoms with Gasteiger partial charge in [-0.15, -0.1) is 0 Å². The van der Waals surface area contributed by atoms with Crippen LogP contribution in [0.4, 0.5) is 0 Å². The molecule has 1 fully saturated rings. The average molecular weight is 308 g/mol. The number of hydrogen-bond donors (Lipinski definition) is 0. The molecule has 1 saturated carbocycles. The Morgan fingerprint density at radius 1 is 1.09 bits per heavy atom. The van der Waals surface area contributed by atoms with Crippen LogP contribution in [-0.2, 0) is 14.3 Å². The molecular weight excluding hydrogens is 276 g/mol. The number of rotatable bonds is 12. The Balaban J connectivity index is 1.40. The normalized spacial score (nSPS) is 25.8. The maximum absolute atomic E-state index is 12.2. The summed E-state index contributed by atoms with van der Waals surface area (Å²) in [6.45, 7) is 3.97. The SMILES string of the molecule is CCCCCCCCCOCCOC(=O)C12C=CC(CC1)C2. The summed E-state index contributed by atoms with van der Waals surface area (Å²) in [5, 5.41) is 0. The summed E-state index contributed by atoms with van der Waals surface area (Å²) in [5.74, 6) is 0.574. The van der Waals surface area contributed by atoms with Crippen molar-refractivity contribution < 1.29 is 14.3 Å². The van der Waals surface area contributed by atoms with Crippen molar-refractivity contribution in [1.29, 1.82) is 0 Å². The van der Waals surface area contributed by atoms with E-state index in [0.717, 1.165) is 32.3 Å². The molecule has 0 amide bonds. The minimum absolute atomic E-state index is 0.0386. The second-order valence-electron chi connectivity index (χ2n) is 6.89. The van der Waals surface area contributed by atoms with Gasteiger partial charge in [-0.05, 0) is 31.6 Å². The van der Waals surface area contributed by atoms with Crippen LogP contribution in [0.3, 0.4) is 0 Å². The Bertz CT molecular complexity index is 364. The van der Waals surface area contributed by atoms with Gasteiger partial charge in [0.1, 0.15) is 6.61 Å². The predicted octanol–water partition coefficient (Wildman–Crippen LogP) is 4.65. The Morgan fingerprint density at radius 3 is 2.50 bits per heavy atom. The summed E-state index contributed by atoms with van der Waals surface area (Å²) in [6.07, 6.45) is 16.4. The molecule has 2 rings (SSSR count). The van der Waals surface area contributed by atoms with Gasteiger partial charge in [-0.25, -0.2) is 0 Å². The lowest BCUT2D eigenvalue weighted by Crippen LogP contribution is -2.28. The summed E-state index contributed by atoms with van der Waals surface area (Å²) in [6, 6.07) is 0. The zero-order valence-electron chi connectivity index (χ0n) is 14.1. The highest BCUT2D eigenvalue weighted by Gasteiger charge is 2.47. The minimum atomic E-state index is -0.289. The minimum Gasteiger partial charge on any atom is -0.463 e. The second-order valence-corrected chi connectivity index (χ2v) is 6.89. The molecule has 22 heavy (non-hydrogen) atoms. The average Bonchev–Trinajstić information content (AvgIpc) is 3.14. The highest BCUT2D eigenvalue weighted by Crippen LogP contribution is 2.49. The number of esters is 1. The third-order valence-electron chi connectivity index (χ3n) is 5.03. The van der Waals surface area contributed by atoms with E-state index in [9.17, 15) is 4.79 Å². The molecular formula is C19H32O3. The summed E-state index contributed by atoms with van der Waals surface area (Å²) in [7, 11) is 0. The molecule has 0 aromatic rings. The standard InChI is InChI=1S/C19H32O3/c1-2-3-4-5-6-7-8-13-21-14-15-22-18(20)19-11-9-17(16-19)10-12-19/h9,11,17H,2-8,10,12-16H2,1H3. The molecule has 0 radical (unpaired) electrons. The third kappa shape index (κ3) is 5.12. The molecule has 0 aliphatic heterocycles. The van der Waals surface area contributed by atoms with Crippen LogP contribution in [-0.4, -0.2) is 25.8 Å². The summed E-state index contributed by atoms with van der Waals surface area (Å²) in [5.41, 5.74) is -0.289. The molecule has 2 bridgehead atoms. The zero-order chi connectivity index (χ0) is 15.7. The summed E-state index contributed by atoms with van der Waals surface area (Å²) >= 11 is 0. The number of unbranched alkanes of at least 4 members (excludes halogenated alkanes) is 6. The van der Waals surface area contributed by atoms with Gasteiger partial charge in [0.2, 0.25) is 0 Å². The van der Waals surface area contributed by atoms with E-state index < -0.39 is 0 Å². The molecule has 0 aromatic heterocycles. The van der Waals surface area contributed by atoms with Crippen LogP contribution in [0.2, 0.25) is 0 Å². The molecule has 126 valence electrons.